The lowest BCUT2D eigenvalue weighted by molar-refractivity contribution is 0.0368. The average molecular weight is 287 g/mol. The highest BCUT2D eigenvalue weighted by Crippen LogP contribution is 2.15. The molecular weight excluding hydrogens is 268 g/mol. The minimum Gasteiger partial charge on any atom is -0.379 e. The minimum absolute atomic E-state index is 0.111. The Balaban J connectivity index is 1.98. The zero-order chi connectivity index (χ0) is 13.8. The first-order valence-corrected chi connectivity index (χ1v) is 6.77. The van der Waals surface area contributed by atoms with E-state index in [9.17, 15) is 4.79 Å². The Morgan fingerprint density at radius 2 is 2.21 bits per heavy atom. The van der Waals surface area contributed by atoms with Crippen molar-refractivity contribution in [3.8, 4) is 0 Å². The van der Waals surface area contributed by atoms with Gasteiger partial charge in [-0.25, -0.2) is 4.98 Å². The minimum atomic E-state index is -0.310. The molecule has 0 radical (unpaired) electrons. The number of aromatic amines is 1. The van der Waals surface area contributed by atoms with Crippen LogP contribution in [0.3, 0.4) is 0 Å². The topological polar surface area (TPSA) is 70.2 Å². The third kappa shape index (κ3) is 3.92. The molecule has 1 aromatic rings. The van der Waals surface area contributed by atoms with E-state index < -0.39 is 0 Å². The van der Waals surface area contributed by atoms with Crippen LogP contribution in [0.2, 0.25) is 5.02 Å². The largest absolute Gasteiger partial charge is 0.379 e. The zero-order valence-electron chi connectivity index (χ0n) is 11.2. The number of hydrogen-bond acceptors (Lipinski definition) is 5. The molecule has 0 bridgehead atoms. The Labute approximate surface area is 117 Å². The van der Waals surface area contributed by atoms with Gasteiger partial charge in [0.05, 0.1) is 13.2 Å². The van der Waals surface area contributed by atoms with Gasteiger partial charge >= 0.3 is 0 Å². The van der Waals surface area contributed by atoms with E-state index in [1.165, 1.54) is 0 Å². The van der Waals surface area contributed by atoms with Gasteiger partial charge in [0.25, 0.3) is 5.56 Å². The first-order valence-electron chi connectivity index (χ1n) is 6.39. The molecule has 2 rings (SSSR count). The van der Waals surface area contributed by atoms with Gasteiger partial charge in [0.15, 0.2) is 5.82 Å². The molecule has 7 heteroatoms. The summed E-state index contributed by atoms with van der Waals surface area (Å²) in [7, 11) is 0. The second kappa shape index (κ2) is 6.36. The van der Waals surface area contributed by atoms with Crippen LogP contribution in [-0.2, 0) is 4.74 Å². The first-order chi connectivity index (χ1) is 9.06. The molecule has 19 heavy (non-hydrogen) atoms. The summed E-state index contributed by atoms with van der Waals surface area (Å²) in [6.45, 7) is 8.06. The standard InChI is InChI=1S/C12H19ClN4O2/c1-8(7-17-3-5-19-6-4-17)14-11-10(13)12(18)16-9(2)15-11/h8H,3-7H2,1-2H3,(H2,14,15,16,18)/t8-/m0/s1. The quantitative estimate of drug-likeness (QED) is 0.859. The van der Waals surface area contributed by atoms with Gasteiger partial charge in [-0.05, 0) is 13.8 Å². The lowest BCUT2D eigenvalue weighted by Gasteiger charge is -2.29. The van der Waals surface area contributed by atoms with Crippen molar-refractivity contribution in [2.45, 2.75) is 19.9 Å². The van der Waals surface area contributed by atoms with Crippen molar-refractivity contribution >= 4 is 17.4 Å². The Morgan fingerprint density at radius 1 is 1.53 bits per heavy atom. The van der Waals surface area contributed by atoms with Crippen LogP contribution in [0.5, 0.6) is 0 Å². The number of ether oxygens (including phenoxy) is 1. The van der Waals surface area contributed by atoms with Crippen molar-refractivity contribution in [2.75, 3.05) is 38.2 Å². The fourth-order valence-corrected chi connectivity index (χ4v) is 2.26. The SMILES string of the molecule is Cc1nc(N[C@@H](C)CN2CCOCC2)c(Cl)c(=O)[nH]1. The zero-order valence-corrected chi connectivity index (χ0v) is 12.0. The summed E-state index contributed by atoms with van der Waals surface area (Å²) in [5.41, 5.74) is -0.310. The number of nitrogens with zero attached hydrogens (tertiary/aromatic N) is 2. The van der Waals surface area contributed by atoms with E-state index in [0.29, 0.717) is 11.6 Å². The predicted octanol–water partition coefficient (Wildman–Crippen LogP) is 0.864. The summed E-state index contributed by atoms with van der Waals surface area (Å²) in [5, 5.41) is 3.30. The summed E-state index contributed by atoms with van der Waals surface area (Å²) >= 11 is 5.95. The lowest BCUT2D eigenvalue weighted by Crippen LogP contribution is -2.42. The second-order valence-corrected chi connectivity index (χ2v) is 5.15. The molecule has 1 atom stereocenters. The van der Waals surface area contributed by atoms with E-state index in [-0.39, 0.29) is 16.6 Å². The van der Waals surface area contributed by atoms with Crippen molar-refractivity contribution in [3.63, 3.8) is 0 Å². The Kier molecular flexibility index (Phi) is 4.79. The van der Waals surface area contributed by atoms with Gasteiger partial charge in [0.2, 0.25) is 0 Å². The number of nitrogens with one attached hydrogen (secondary N) is 2. The van der Waals surface area contributed by atoms with Crippen LogP contribution in [0.1, 0.15) is 12.7 Å². The van der Waals surface area contributed by atoms with Gasteiger partial charge in [0, 0.05) is 25.7 Å². The Morgan fingerprint density at radius 3 is 2.89 bits per heavy atom. The number of rotatable bonds is 4. The number of halogens is 1. The monoisotopic (exact) mass is 286 g/mol. The fourth-order valence-electron chi connectivity index (χ4n) is 2.12. The normalized spacial score (nSPS) is 18.3. The smallest absolute Gasteiger partial charge is 0.271 e. The average Bonchev–Trinajstić information content (AvgIpc) is 2.36. The summed E-state index contributed by atoms with van der Waals surface area (Å²) in [5.74, 6) is 0.999. The van der Waals surface area contributed by atoms with Gasteiger partial charge < -0.3 is 15.0 Å². The predicted molar refractivity (Wildman–Crippen MR) is 74.9 cm³/mol. The molecule has 1 aromatic heterocycles. The summed E-state index contributed by atoms with van der Waals surface area (Å²) in [4.78, 5) is 20.6. The van der Waals surface area contributed by atoms with Crippen molar-refractivity contribution in [1.29, 1.82) is 0 Å². The number of hydrogen-bond donors (Lipinski definition) is 2. The Hall–Kier alpha value is -1.11. The van der Waals surface area contributed by atoms with Crippen LogP contribution in [0.4, 0.5) is 5.82 Å². The van der Waals surface area contributed by atoms with Crippen molar-refractivity contribution in [1.82, 2.24) is 14.9 Å². The van der Waals surface area contributed by atoms with Crippen molar-refractivity contribution in [3.05, 3.63) is 21.2 Å². The molecule has 2 N–H and O–H groups in total. The Bertz CT molecular complexity index is 485. The van der Waals surface area contributed by atoms with E-state index >= 15 is 0 Å². The van der Waals surface area contributed by atoms with Gasteiger partial charge in [-0.1, -0.05) is 11.6 Å². The van der Waals surface area contributed by atoms with Gasteiger partial charge in [0.1, 0.15) is 10.8 Å². The highest BCUT2D eigenvalue weighted by Gasteiger charge is 2.15. The van der Waals surface area contributed by atoms with Crippen LogP contribution in [0.15, 0.2) is 4.79 Å². The maximum absolute atomic E-state index is 11.5. The molecule has 1 saturated heterocycles. The molecule has 106 valence electrons. The number of anilines is 1. The number of H-pyrrole nitrogens is 1. The summed E-state index contributed by atoms with van der Waals surface area (Å²) in [6.07, 6.45) is 0. The third-order valence-corrected chi connectivity index (χ3v) is 3.35. The van der Waals surface area contributed by atoms with E-state index in [4.69, 9.17) is 16.3 Å². The number of aryl methyl sites for hydroxylation is 1. The van der Waals surface area contributed by atoms with E-state index in [1.807, 2.05) is 6.92 Å². The highest BCUT2D eigenvalue weighted by molar-refractivity contribution is 6.32. The van der Waals surface area contributed by atoms with Crippen molar-refractivity contribution < 1.29 is 4.74 Å². The molecule has 0 spiro atoms. The van der Waals surface area contributed by atoms with Gasteiger partial charge in [-0.15, -0.1) is 0 Å². The number of aromatic nitrogens is 2. The molecule has 0 aromatic carbocycles. The van der Waals surface area contributed by atoms with E-state index in [1.54, 1.807) is 6.92 Å². The first kappa shape index (κ1) is 14.3. The molecule has 0 saturated carbocycles. The summed E-state index contributed by atoms with van der Waals surface area (Å²) < 4.78 is 5.31. The van der Waals surface area contributed by atoms with E-state index in [0.717, 1.165) is 32.8 Å². The molecule has 0 aliphatic carbocycles. The van der Waals surface area contributed by atoms with Crippen LogP contribution in [0.25, 0.3) is 0 Å². The molecule has 0 amide bonds. The number of morpholine rings is 1. The van der Waals surface area contributed by atoms with Gasteiger partial charge in [-0.2, -0.15) is 0 Å². The molecule has 2 heterocycles. The molecule has 1 fully saturated rings. The van der Waals surface area contributed by atoms with Crippen LogP contribution in [0, 0.1) is 6.92 Å². The van der Waals surface area contributed by atoms with Crippen LogP contribution >= 0.6 is 11.6 Å². The summed E-state index contributed by atoms with van der Waals surface area (Å²) in [6, 6.07) is 0.157. The second-order valence-electron chi connectivity index (χ2n) is 4.77. The fraction of sp³-hybridized carbons (Fsp3) is 0.667. The maximum atomic E-state index is 11.5. The van der Waals surface area contributed by atoms with Gasteiger partial charge in [-0.3, -0.25) is 9.69 Å². The molecule has 0 unspecified atom stereocenters. The maximum Gasteiger partial charge on any atom is 0.271 e. The molecule has 1 aliphatic rings. The van der Waals surface area contributed by atoms with Crippen LogP contribution in [-0.4, -0.2) is 53.8 Å². The van der Waals surface area contributed by atoms with Crippen molar-refractivity contribution in [2.24, 2.45) is 0 Å². The third-order valence-electron chi connectivity index (χ3n) is 3.00. The molecule has 1 aliphatic heterocycles. The van der Waals surface area contributed by atoms with E-state index in [2.05, 4.69) is 20.2 Å². The molecule has 6 nitrogen and oxygen atoms in total. The molecular formula is C12H19ClN4O2. The van der Waals surface area contributed by atoms with Crippen LogP contribution < -0.4 is 10.9 Å². The lowest BCUT2D eigenvalue weighted by atomic mass is 10.3. The highest BCUT2D eigenvalue weighted by atomic mass is 35.5.